The number of piperidine rings is 1. The van der Waals surface area contributed by atoms with Crippen molar-refractivity contribution in [2.45, 2.75) is 37.9 Å². The highest BCUT2D eigenvalue weighted by atomic mass is 19.4. The van der Waals surface area contributed by atoms with Gasteiger partial charge in [-0.15, -0.1) is 0 Å². The minimum Gasteiger partial charge on any atom is -0.475 e. The number of carboxylic acid groups (broad SMARTS) is 1. The van der Waals surface area contributed by atoms with Crippen LogP contribution in [0, 0.1) is 11.8 Å². The number of rotatable bonds is 3. The summed E-state index contributed by atoms with van der Waals surface area (Å²) in [6.45, 7) is 6.64. The molecule has 3 aliphatic rings. The Labute approximate surface area is 184 Å². The molecule has 4 rings (SSSR count). The monoisotopic (exact) mass is 455 g/mol. The zero-order valence-electron chi connectivity index (χ0n) is 17.9. The summed E-state index contributed by atoms with van der Waals surface area (Å²) in [4.78, 5) is 38.4. The molecule has 0 aliphatic carbocycles. The van der Waals surface area contributed by atoms with Gasteiger partial charge in [-0.1, -0.05) is 25.1 Å². The molecule has 1 aromatic carbocycles. The number of hydrogen-bond acceptors (Lipinski definition) is 4. The number of fused-ring (bicyclic) bond motifs is 2. The van der Waals surface area contributed by atoms with E-state index in [1.54, 1.807) is 0 Å². The van der Waals surface area contributed by atoms with Gasteiger partial charge in [-0.2, -0.15) is 13.2 Å². The fraction of sp³-hybridized carbons (Fsp3) is 0.591. The van der Waals surface area contributed by atoms with Gasteiger partial charge in [0, 0.05) is 43.2 Å². The lowest BCUT2D eigenvalue weighted by molar-refractivity contribution is -0.192. The van der Waals surface area contributed by atoms with Crippen LogP contribution in [0.2, 0.25) is 0 Å². The van der Waals surface area contributed by atoms with Crippen molar-refractivity contribution in [1.29, 1.82) is 0 Å². The van der Waals surface area contributed by atoms with Crippen LogP contribution >= 0.6 is 0 Å². The summed E-state index contributed by atoms with van der Waals surface area (Å²) in [7, 11) is 0. The molecule has 1 spiro atoms. The number of carbonyl (C=O) groups excluding carboxylic acids is 2. The molecule has 2 N–H and O–H groups in total. The Bertz CT molecular complexity index is 839. The second-order valence-corrected chi connectivity index (χ2v) is 8.58. The average molecular weight is 455 g/mol. The first-order valence-corrected chi connectivity index (χ1v) is 10.8. The van der Waals surface area contributed by atoms with Crippen LogP contribution in [0.5, 0.6) is 0 Å². The number of carbonyl (C=O) groups is 3. The smallest absolute Gasteiger partial charge is 0.475 e. The quantitative estimate of drug-likeness (QED) is 0.731. The zero-order valence-corrected chi connectivity index (χ0v) is 17.9. The Hall–Kier alpha value is -2.62. The van der Waals surface area contributed by atoms with Crippen molar-refractivity contribution in [3.8, 4) is 0 Å². The number of nitrogens with zero attached hydrogens (tertiary/aromatic N) is 2. The molecular weight excluding hydrogens is 427 g/mol. The van der Waals surface area contributed by atoms with Crippen LogP contribution in [-0.2, 0) is 9.59 Å². The predicted octanol–water partition coefficient (Wildman–Crippen LogP) is 2.38. The normalized spacial score (nSPS) is 24.5. The number of benzene rings is 1. The molecule has 3 fully saturated rings. The lowest BCUT2D eigenvalue weighted by Gasteiger charge is -2.42. The average Bonchev–Trinajstić information content (AvgIpc) is 3.28. The lowest BCUT2D eigenvalue weighted by Crippen LogP contribution is -2.56. The third-order valence-corrected chi connectivity index (χ3v) is 6.56. The van der Waals surface area contributed by atoms with Gasteiger partial charge in [0.2, 0.25) is 5.91 Å². The standard InChI is InChI=1S/C20H27N3O2.C2HF3O2/c1-2-10-22-13-16-17(14-22)20(21-18(16)24)8-11-23(12-9-20)19(25)15-6-4-3-5-7-15;3-2(4,5)1(6)7/h3-7,16-17H,2,8-14H2,1H3,(H,21,24);(H,6,7)/t16-,17+;/m1./s1. The molecule has 0 unspecified atom stereocenters. The molecule has 1 aromatic rings. The highest BCUT2D eigenvalue weighted by molar-refractivity contribution is 5.94. The molecule has 3 heterocycles. The second-order valence-electron chi connectivity index (χ2n) is 8.58. The molecule has 0 bridgehead atoms. The molecule has 0 radical (unpaired) electrons. The first kappa shape index (κ1) is 24.0. The van der Waals surface area contributed by atoms with Crippen LogP contribution in [0.15, 0.2) is 30.3 Å². The Morgan fingerprint density at radius 1 is 1.16 bits per heavy atom. The SMILES string of the molecule is CCCN1C[C@H]2C(=O)NC3(CCN(C(=O)c4ccccc4)CC3)[C@H]2C1.O=C(O)C(F)(F)F. The van der Waals surface area contributed by atoms with E-state index < -0.39 is 12.1 Å². The maximum absolute atomic E-state index is 12.7. The van der Waals surface area contributed by atoms with Crippen LogP contribution in [0.25, 0.3) is 0 Å². The first-order chi connectivity index (χ1) is 15.1. The fourth-order valence-corrected chi connectivity index (χ4v) is 5.01. The van der Waals surface area contributed by atoms with Crippen molar-refractivity contribution in [3.63, 3.8) is 0 Å². The molecule has 2 amide bonds. The van der Waals surface area contributed by atoms with E-state index in [1.807, 2.05) is 35.2 Å². The van der Waals surface area contributed by atoms with Crippen LogP contribution in [0.1, 0.15) is 36.5 Å². The highest BCUT2D eigenvalue weighted by Gasteiger charge is 2.57. The number of likely N-dealkylation sites (tertiary alicyclic amines) is 2. The zero-order chi connectivity index (χ0) is 23.5. The van der Waals surface area contributed by atoms with E-state index in [2.05, 4.69) is 17.1 Å². The topological polar surface area (TPSA) is 90.0 Å². The molecule has 7 nitrogen and oxygen atoms in total. The molecule has 0 saturated carbocycles. The summed E-state index contributed by atoms with van der Waals surface area (Å²) in [6, 6.07) is 9.49. The van der Waals surface area contributed by atoms with E-state index in [-0.39, 0.29) is 23.3 Å². The van der Waals surface area contributed by atoms with Gasteiger partial charge >= 0.3 is 12.1 Å². The van der Waals surface area contributed by atoms with Crippen molar-refractivity contribution in [3.05, 3.63) is 35.9 Å². The van der Waals surface area contributed by atoms with Gasteiger partial charge < -0.3 is 20.2 Å². The van der Waals surface area contributed by atoms with Crippen LogP contribution in [-0.4, -0.2) is 77.1 Å². The van der Waals surface area contributed by atoms with Gasteiger partial charge in [0.05, 0.1) is 5.92 Å². The first-order valence-electron chi connectivity index (χ1n) is 10.8. The molecule has 176 valence electrons. The second kappa shape index (κ2) is 9.48. The lowest BCUT2D eigenvalue weighted by atomic mass is 9.75. The number of amides is 2. The maximum atomic E-state index is 12.7. The van der Waals surface area contributed by atoms with Crippen LogP contribution < -0.4 is 5.32 Å². The van der Waals surface area contributed by atoms with Crippen LogP contribution in [0.3, 0.4) is 0 Å². The van der Waals surface area contributed by atoms with Crippen molar-refractivity contribution < 1.29 is 32.7 Å². The molecule has 2 atom stereocenters. The van der Waals surface area contributed by atoms with Gasteiger partial charge in [0.15, 0.2) is 0 Å². The van der Waals surface area contributed by atoms with Crippen LogP contribution in [0.4, 0.5) is 13.2 Å². The van der Waals surface area contributed by atoms with E-state index in [1.165, 1.54) is 0 Å². The van der Waals surface area contributed by atoms with E-state index in [9.17, 15) is 22.8 Å². The molecular formula is C22H28F3N3O4. The van der Waals surface area contributed by atoms with Gasteiger partial charge in [-0.05, 0) is 37.9 Å². The number of hydrogen-bond donors (Lipinski definition) is 2. The third kappa shape index (κ3) is 5.06. The number of alkyl halides is 3. The molecule has 3 saturated heterocycles. The predicted molar refractivity (Wildman–Crippen MR) is 110 cm³/mol. The number of nitrogens with one attached hydrogen (secondary N) is 1. The Kier molecular flexibility index (Phi) is 7.12. The summed E-state index contributed by atoms with van der Waals surface area (Å²) in [5.41, 5.74) is 0.652. The molecule has 0 aromatic heterocycles. The third-order valence-electron chi connectivity index (χ3n) is 6.56. The Balaban J connectivity index is 0.000000360. The number of carboxylic acids is 1. The molecule has 32 heavy (non-hydrogen) atoms. The number of halogens is 3. The van der Waals surface area contributed by atoms with E-state index >= 15 is 0 Å². The summed E-state index contributed by atoms with van der Waals surface area (Å²) in [6.07, 6.45) is -2.20. The van der Waals surface area contributed by atoms with Crippen molar-refractivity contribution in [1.82, 2.24) is 15.1 Å². The minimum atomic E-state index is -5.08. The van der Waals surface area contributed by atoms with Gasteiger partial charge in [0.1, 0.15) is 0 Å². The van der Waals surface area contributed by atoms with Crippen molar-refractivity contribution in [2.24, 2.45) is 11.8 Å². The van der Waals surface area contributed by atoms with E-state index in [0.717, 1.165) is 57.5 Å². The summed E-state index contributed by atoms with van der Waals surface area (Å²) >= 11 is 0. The van der Waals surface area contributed by atoms with E-state index in [4.69, 9.17) is 9.90 Å². The highest BCUT2D eigenvalue weighted by Crippen LogP contribution is 2.44. The van der Waals surface area contributed by atoms with E-state index in [0.29, 0.717) is 5.92 Å². The van der Waals surface area contributed by atoms with Gasteiger partial charge in [-0.3, -0.25) is 9.59 Å². The minimum absolute atomic E-state index is 0.0995. The Morgan fingerprint density at radius 2 is 1.75 bits per heavy atom. The Morgan fingerprint density at radius 3 is 2.28 bits per heavy atom. The van der Waals surface area contributed by atoms with Gasteiger partial charge in [0.25, 0.3) is 5.91 Å². The largest absolute Gasteiger partial charge is 0.490 e. The van der Waals surface area contributed by atoms with Gasteiger partial charge in [-0.25, -0.2) is 4.79 Å². The fourth-order valence-electron chi connectivity index (χ4n) is 5.01. The van der Waals surface area contributed by atoms with Crippen molar-refractivity contribution >= 4 is 17.8 Å². The summed E-state index contributed by atoms with van der Waals surface area (Å²) < 4.78 is 31.7. The summed E-state index contributed by atoms with van der Waals surface area (Å²) in [5, 5.41) is 10.5. The number of aliphatic carboxylic acids is 1. The molecule has 3 aliphatic heterocycles. The summed E-state index contributed by atoms with van der Waals surface area (Å²) in [5.74, 6) is -1.88. The molecule has 10 heteroatoms. The maximum Gasteiger partial charge on any atom is 0.490 e. The van der Waals surface area contributed by atoms with Crippen molar-refractivity contribution in [2.75, 3.05) is 32.7 Å².